The van der Waals surface area contributed by atoms with Crippen molar-refractivity contribution in [1.82, 2.24) is 3.97 Å². The normalized spacial score (nSPS) is 11.9. The van der Waals surface area contributed by atoms with Gasteiger partial charge in [-0.15, -0.1) is 0 Å². The minimum atomic E-state index is -3.81. The standard InChI is InChI=1S/C22H24ClNO4S/c1-15(2)16-7-10-20(11-8-16)29(26,27)24-19(5-4-6-22(25)28-3)14-17-13-18(23)9-12-21(17)24/h7-15H,4-6H2,1-3H3. The number of esters is 1. The van der Waals surface area contributed by atoms with Crippen LogP contribution in [-0.4, -0.2) is 25.5 Å². The molecule has 0 aliphatic heterocycles. The average molecular weight is 434 g/mol. The van der Waals surface area contributed by atoms with Gasteiger partial charge in [0, 0.05) is 22.5 Å². The number of rotatable bonds is 7. The summed E-state index contributed by atoms with van der Waals surface area (Å²) >= 11 is 6.10. The number of nitrogens with zero attached hydrogens (tertiary/aromatic N) is 1. The Morgan fingerprint density at radius 3 is 2.41 bits per heavy atom. The van der Waals surface area contributed by atoms with Gasteiger partial charge in [-0.2, -0.15) is 0 Å². The Bertz CT molecular complexity index is 1130. The van der Waals surface area contributed by atoms with Crippen LogP contribution in [0.3, 0.4) is 0 Å². The van der Waals surface area contributed by atoms with Gasteiger partial charge in [-0.25, -0.2) is 12.4 Å². The van der Waals surface area contributed by atoms with Crippen LogP contribution in [-0.2, 0) is 26.0 Å². The van der Waals surface area contributed by atoms with Crippen LogP contribution in [0.15, 0.2) is 53.4 Å². The van der Waals surface area contributed by atoms with E-state index in [0.717, 1.165) is 10.9 Å². The molecule has 0 aliphatic carbocycles. The van der Waals surface area contributed by atoms with E-state index in [2.05, 4.69) is 18.6 Å². The molecule has 0 saturated heterocycles. The molecule has 0 radical (unpaired) electrons. The third kappa shape index (κ3) is 4.49. The number of ether oxygens (including phenoxy) is 1. The molecule has 154 valence electrons. The minimum absolute atomic E-state index is 0.224. The van der Waals surface area contributed by atoms with E-state index in [0.29, 0.717) is 35.0 Å². The lowest BCUT2D eigenvalue weighted by Crippen LogP contribution is -2.16. The second-order valence-electron chi connectivity index (χ2n) is 7.26. The number of hydrogen-bond acceptors (Lipinski definition) is 4. The lowest BCUT2D eigenvalue weighted by molar-refractivity contribution is -0.140. The molecule has 3 aromatic rings. The van der Waals surface area contributed by atoms with Gasteiger partial charge in [-0.1, -0.05) is 37.6 Å². The Labute approximate surface area is 176 Å². The molecule has 0 saturated carbocycles. The van der Waals surface area contributed by atoms with Crippen molar-refractivity contribution in [3.05, 3.63) is 64.8 Å². The van der Waals surface area contributed by atoms with Crippen molar-refractivity contribution in [1.29, 1.82) is 0 Å². The monoisotopic (exact) mass is 433 g/mol. The van der Waals surface area contributed by atoms with E-state index in [9.17, 15) is 13.2 Å². The van der Waals surface area contributed by atoms with Crippen LogP contribution in [0.2, 0.25) is 5.02 Å². The summed E-state index contributed by atoms with van der Waals surface area (Å²) < 4.78 is 33.0. The second-order valence-corrected chi connectivity index (χ2v) is 9.48. The predicted molar refractivity (Wildman–Crippen MR) is 115 cm³/mol. The summed E-state index contributed by atoms with van der Waals surface area (Å²) in [6, 6.07) is 13.9. The van der Waals surface area contributed by atoms with Crippen LogP contribution in [0.5, 0.6) is 0 Å². The Kier molecular flexibility index (Phi) is 6.34. The Hall–Kier alpha value is -2.31. The number of hydrogen-bond donors (Lipinski definition) is 0. The molecule has 0 N–H and O–H groups in total. The zero-order valence-corrected chi connectivity index (χ0v) is 18.3. The Balaban J connectivity index is 2.07. The van der Waals surface area contributed by atoms with E-state index >= 15 is 0 Å². The molecule has 0 bridgehead atoms. The highest BCUT2D eigenvalue weighted by atomic mass is 35.5. The smallest absolute Gasteiger partial charge is 0.305 e. The fourth-order valence-corrected chi connectivity index (χ4v) is 5.07. The van der Waals surface area contributed by atoms with E-state index < -0.39 is 10.0 Å². The fraction of sp³-hybridized carbons (Fsp3) is 0.318. The lowest BCUT2D eigenvalue weighted by Gasteiger charge is -2.13. The van der Waals surface area contributed by atoms with Gasteiger partial charge in [0.25, 0.3) is 10.0 Å². The predicted octanol–water partition coefficient (Wildman–Crippen LogP) is 5.15. The number of carbonyl (C=O) groups is 1. The van der Waals surface area contributed by atoms with Crippen molar-refractivity contribution in [2.75, 3.05) is 7.11 Å². The summed E-state index contributed by atoms with van der Waals surface area (Å²) in [4.78, 5) is 11.7. The van der Waals surface area contributed by atoms with Crippen LogP contribution in [0, 0.1) is 0 Å². The first kappa shape index (κ1) is 21.4. The summed E-state index contributed by atoms with van der Waals surface area (Å²) in [5, 5.41) is 1.28. The van der Waals surface area contributed by atoms with Crippen LogP contribution in [0.4, 0.5) is 0 Å². The summed E-state index contributed by atoms with van der Waals surface area (Å²) in [6.45, 7) is 4.12. The molecular weight excluding hydrogens is 410 g/mol. The van der Waals surface area contributed by atoms with Gasteiger partial charge in [-0.05, 0) is 60.7 Å². The molecule has 29 heavy (non-hydrogen) atoms. The molecule has 3 rings (SSSR count). The largest absolute Gasteiger partial charge is 0.469 e. The van der Waals surface area contributed by atoms with Crippen LogP contribution >= 0.6 is 11.6 Å². The maximum absolute atomic E-state index is 13.5. The molecular formula is C22H24ClNO4S. The topological polar surface area (TPSA) is 65.4 Å². The maximum Gasteiger partial charge on any atom is 0.305 e. The minimum Gasteiger partial charge on any atom is -0.469 e. The van der Waals surface area contributed by atoms with Crippen LogP contribution in [0.1, 0.15) is 43.9 Å². The molecule has 1 aromatic heterocycles. The SMILES string of the molecule is COC(=O)CCCc1cc2cc(Cl)ccc2n1S(=O)(=O)c1ccc(C(C)C)cc1. The van der Waals surface area contributed by atoms with Crippen molar-refractivity contribution >= 4 is 38.5 Å². The van der Waals surface area contributed by atoms with E-state index in [1.54, 1.807) is 30.3 Å². The molecule has 0 spiro atoms. The third-order valence-corrected chi connectivity index (χ3v) is 6.93. The number of aromatic nitrogens is 1. The second kappa shape index (κ2) is 8.59. The van der Waals surface area contributed by atoms with Gasteiger partial charge in [0.1, 0.15) is 0 Å². The highest BCUT2D eigenvalue weighted by Gasteiger charge is 2.23. The number of benzene rings is 2. The number of fused-ring (bicyclic) bond motifs is 1. The van der Waals surface area contributed by atoms with Crippen LogP contribution < -0.4 is 0 Å². The van der Waals surface area contributed by atoms with E-state index in [4.69, 9.17) is 11.6 Å². The quantitative estimate of drug-likeness (QED) is 0.483. The molecule has 2 aromatic carbocycles. The number of carbonyl (C=O) groups excluding carboxylic acids is 1. The molecule has 0 fully saturated rings. The number of aryl methyl sites for hydroxylation is 1. The lowest BCUT2D eigenvalue weighted by atomic mass is 10.0. The fourth-order valence-electron chi connectivity index (χ4n) is 3.32. The first-order valence-corrected chi connectivity index (χ1v) is 11.3. The summed E-state index contributed by atoms with van der Waals surface area (Å²) in [6.07, 6.45) is 1.13. The van der Waals surface area contributed by atoms with Crippen LogP contribution in [0.25, 0.3) is 10.9 Å². The summed E-state index contributed by atoms with van der Waals surface area (Å²) in [5.41, 5.74) is 2.25. The summed E-state index contributed by atoms with van der Waals surface area (Å²) in [5.74, 6) is -0.00183. The zero-order valence-electron chi connectivity index (χ0n) is 16.7. The van der Waals surface area contributed by atoms with Crippen molar-refractivity contribution < 1.29 is 17.9 Å². The molecule has 0 amide bonds. The molecule has 1 heterocycles. The summed E-state index contributed by atoms with van der Waals surface area (Å²) in [7, 11) is -2.47. The van der Waals surface area contributed by atoms with Crippen molar-refractivity contribution in [2.45, 2.75) is 43.9 Å². The highest BCUT2D eigenvalue weighted by molar-refractivity contribution is 7.90. The van der Waals surface area contributed by atoms with Gasteiger partial charge >= 0.3 is 5.97 Å². The maximum atomic E-state index is 13.5. The van der Waals surface area contributed by atoms with E-state index in [1.807, 2.05) is 18.2 Å². The van der Waals surface area contributed by atoms with Crippen molar-refractivity contribution in [3.63, 3.8) is 0 Å². The van der Waals surface area contributed by atoms with E-state index in [1.165, 1.54) is 11.1 Å². The van der Waals surface area contributed by atoms with Gasteiger partial charge < -0.3 is 4.74 Å². The molecule has 7 heteroatoms. The van der Waals surface area contributed by atoms with Gasteiger partial charge in [0.05, 0.1) is 17.5 Å². The van der Waals surface area contributed by atoms with Gasteiger partial charge in [0.15, 0.2) is 0 Å². The molecule has 0 unspecified atom stereocenters. The van der Waals surface area contributed by atoms with Gasteiger partial charge in [0.2, 0.25) is 0 Å². The van der Waals surface area contributed by atoms with Crippen molar-refractivity contribution in [3.8, 4) is 0 Å². The Morgan fingerprint density at radius 1 is 1.10 bits per heavy atom. The average Bonchev–Trinajstić information content (AvgIpc) is 3.05. The number of methoxy groups -OCH3 is 1. The molecule has 5 nitrogen and oxygen atoms in total. The number of halogens is 1. The van der Waals surface area contributed by atoms with Crippen molar-refractivity contribution in [2.24, 2.45) is 0 Å². The zero-order chi connectivity index (χ0) is 21.2. The highest BCUT2D eigenvalue weighted by Crippen LogP contribution is 2.29. The van der Waals surface area contributed by atoms with Gasteiger partial charge in [-0.3, -0.25) is 4.79 Å². The Morgan fingerprint density at radius 2 is 1.79 bits per heavy atom. The first-order chi connectivity index (χ1) is 13.7. The molecule has 0 atom stereocenters. The van der Waals surface area contributed by atoms with E-state index in [-0.39, 0.29) is 17.3 Å². The molecule has 0 aliphatic rings. The third-order valence-electron chi connectivity index (χ3n) is 4.92. The first-order valence-electron chi connectivity index (χ1n) is 9.46.